The van der Waals surface area contributed by atoms with Gasteiger partial charge in [-0.25, -0.2) is 12.8 Å². The lowest BCUT2D eigenvalue weighted by atomic mass is 9.98. The number of ether oxygens (including phenoxy) is 2. The summed E-state index contributed by atoms with van der Waals surface area (Å²) >= 11 is 0. The molecule has 7 nitrogen and oxygen atoms in total. The van der Waals surface area contributed by atoms with Crippen LogP contribution in [0.25, 0.3) is 0 Å². The van der Waals surface area contributed by atoms with Gasteiger partial charge in [0, 0.05) is 18.7 Å². The number of ketones is 1. The number of Topliss-reactive ketones (excluding diaryl/α,β-unsaturated/α-hetero) is 1. The van der Waals surface area contributed by atoms with E-state index < -0.39 is 40.1 Å². The molecule has 0 bridgehead atoms. The van der Waals surface area contributed by atoms with Crippen LogP contribution in [0.3, 0.4) is 0 Å². The molecular formula is C21H22FNO6S. The van der Waals surface area contributed by atoms with Crippen molar-refractivity contribution in [1.82, 2.24) is 4.31 Å². The number of esters is 1. The molecule has 1 aliphatic rings. The van der Waals surface area contributed by atoms with Crippen molar-refractivity contribution in [3.8, 4) is 5.75 Å². The predicted molar refractivity (Wildman–Crippen MR) is 106 cm³/mol. The van der Waals surface area contributed by atoms with Gasteiger partial charge in [-0.1, -0.05) is 18.2 Å². The van der Waals surface area contributed by atoms with Crippen LogP contribution in [0.5, 0.6) is 5.75 Å². The molecule has 1 fully saturated rings. The lowest BCUT2D eigenvalue weighted by Gasteiger charge is -2.30. The number of hydrogen-bond acceptors (Lipinski definition) is 6. The van der Waals surface area contributed by atoms with Gasteiger partial charge in [-0.2, -0.15) is 4.31 Å². The highest BCUT2D eigenvalue weighted by atomic mass is 32.2. The lowest BCUT2D eigenvalue weighted by molar-refractivity contribution is -0.148. The molecule has 0 atom stereocenters. The minimum atomic E-state index is -3.60. The average molecular weight is 435 g/mol. The maximum atomic E-state index is 13.7. The first-order valence-electron chi connectivity index (χ1n) is 9.41. The van der Waals surface area contributed by atoms with E-state index in [-0.39, 0.29) is 29.3 Å². The van der Waals surface area contributed by atoms with Crippen LogP contribution >= 0.6 is 0 Å². The Bertz CT molecular complexity index is 1020. The normalized spacial score (nSPS) is 15.5. The van der Waals surface area contributed by atoms with Gasteiger partial charge in [0.05, 0.1) is 17.9 Å². The molecule has 3 rings (SSSR count). The number of nitrogens with zero attached hydrogens (tertiary/aromatic N) is 1. The molecule has 1 aliphatic heterocycles. The topological polar surface area (TPSA) is 90.0 Å². The Morgan fingerprint density at radius 2 is 1.77 bits per heavy atom. The van der Waals surface area contributed by atoms with E-state index in [1.54, 1.807) is 18.2 Å². The van der Waals surface area contributed by atoms with Crippen molar-refractivity contribution >= 4 is 21.8 Å². The highest BCUT2D eigenvalue weighted by Gasteiger charge is 2.33. The van der Waals surface area contributed by atoms with E-state index >= 15 is 0 Å². The molecule has 30 heavy (non-hydrogen) atoms. The fourth-order valence-electron chi connectivity index (χ4n) is 3.25. The number of piperidine rings is 1. The molecule has 0 N–H and O–H groups in total. The van der Waals surface area contributed by atoms with E-state index in [1.165, 1.54) is 35.7 Å². The zero-order chi connectivity index (χ0) is 21.7. The number of sulfonamides is 1. The molecule has 1 heterocycles. The Morgan fingerprint density at radius 1 is 1.10 bits per heavy atom. The summed E-state index contributed by atoms with van der Waals surface area (Å²) in [6.45, 7) is -0.129. The van der Waals surface area contributed by atoms with E-state index in [9.17, 15) is 22.4 Å². The van der Waals surface area contributed by atoms with Crippen molar-refractivity contribution in [2.75, 3.05) is 26.8 Å². The maximum Gasteiger partial charge on any atom is 0.309 e. The second-order valence-electron chi connectivity index (χ2n) is 6.87. The molecule has 0 aromatic heterocycles. The van der Waals surface area contributed by atoms with Gasteiger partial charge in [-0.05, 0) is 43.2 Å². The number of carbonyl (C=O) groups excluding carboxylic acids is 2. The summed E-state index contributed by atoms with van der Waals surface area (Å²) in [5.41, 5.74) is 0.0740. The third-order valence-electron chi connectivity index (χ3n) is 4.99. The molecule has 0 saturated carbocycles. The van der Waals surface area contributed by atoms with Gasteiger partial charge in [0.1, 0.15) is 0 Å². The number of benzene rings is 2. The molecular weight excluding hydrogens is 413 g/mol. The van der Waals surface area contributed by atoms with Crippen LogP contribution in [0.15, 0.2) is 53.4 Å². The van der Waals surface area contributed by atoms with Crippen LogP contribution in [0.1, 0.15) is 23.2 Å². The highest BCUT2D eigenvalue weighted by Crippen LogP contribution is 2.25. The smallest absolute Gasteiger partial charge is 0.309 e. The first kappa shape index (κ1) is 21.9. The van der Waals surface area contributed by atoms with Gasteiger partial charge in [-0.15, -0.1) is 0 Å². The van der Waals surface area contributed by atoms with Gasteiger partial charge in [0.2, 0.25) is 10.0 Å². The maximum absolute atomic E-state index is 13.7. The van der Waals surface area contributed by atoms with E-state index in [2.05, 4.69) is 0 Å². The van der Waals surface area contributed by atoms with Crippen LogP contribution in [-0.2, 0) is 19.6 Å². The van der Waals surface area contributed by atoms with Gasteiger partial charge < -0.3 is 9.47 Å². The van der Waals surface area contributed by atoms with E-state index in [0.717, 1.165) is 6.07 Å². The van der Waals surface area contributed by atoms with Crippen LogP contribution in [0.2, 0.25) is 0 Å². The molecule has 0 amide bonds. The van der Waals surface area contributed by atoms with E-state index in [4.69, 9.17) is 9.47 Å². The Labute approximate surface area is 174 Å². The lowest BCUT2D eigenvalue weighted by Crippen LogP contribution is -2.40. The largest absolute Gasteiger partial charge is 0.494 e. The van der Waals surface area contributed by atoms with E-state index in [1.807, 2.05) is 0 Å². The van der Waals surface area contributed by atoms with Gasteiger partial charge in [0.25, 0.3) is 0 Å². The molecule has 0 spiro atoms. The first-order valence-corrected chi connectivity index (χ1v) is 10.9. The molecule has 0 radical (unpaired) electrons. The molecule has 160 valence electrons. The van der Waals surface area contributed by atoms with Crippen LogP contribution in [0.4, 0.5) is 4.39 Å². The fraction of sp³-hybridized carbons (Fsp3) is 0.333. The van der Waals surface area contributed by atoms with Crippen molar-refractivity contribution in [1.29, 1.82) is 0 Å². The molecule has 2 aromatic carbocycles. The Morgan fingerprint density at radius 3 is 2.37 bits per heavy atom. The van der Waals surface area contributed by atoms with Gasteiger partial charge in [0.15, 0.2) is 24.0 Å². The number of carbonyl (C=O) groups is 2. The first-order chi connectivity index (χ1) is 14.3. The highest BCUT2D eigenvalue weighted by molar-refractivity contribution is 7.89. The zero-order valence-corrected chi connectivity index (χ0v) is 17.2. The van der Waals surface area contributed by atoms with Crippen molar-refractivity contribution in [2.24, 2.45) is 5.92 Å². The third kappa shape index (κ3) is 4.85. The van der Waals surface area contributed by atoms with Crippen molar-refractivity contribution in [3.63, 3.8) is 0 Å². The Hall–Kier alpha value is -2.78. The third-order valence-corrected chi connectivity index (χ3v) is 6.90. The number of methoxy groups -OCH3 is 1. The molecule has 1 saturated heterocycles. The molecule has 0 aliphatic carbocycles. The van der Waals surface area contributed by atoms with Crippen LogP contribution in [0, 0.1) is 11.7 Å². The summed E-state index contributed by atoms with van der Waals surface area (Å²) in [6, 6.07) is 11.9. The number of halogens is 1. The summed E-state index contributed by atoms with van der Waals surface area (Å²) in [5.74, 6) is -2.25. The minimum Gasteiger partial charge on any atom is -0.494 e. The molecule has 2 aromatic rings. The Balaban J connectivity index is 1.52. The van der Waals surface area contributed by atoms with Crippen LogP contribution < -0.4 is 4.74 Å². The number of hydrogen-bond donors (Lipinski definition) is 0. The molecule has 0 unspecified atom stereocenters. The Kier molecular flexibility index (Phi) is 6.84. The second kappa shape index (κ2) is 9.36. The van der Waals surface area contributed by atoms with Crippen molar-refractivity contribution in [3.05, 3.63) is 59.9 Å². The zero-order valence-electron chi connectivity index (χ0n) is 16.4. The summed E-state index contributed by atoms with van der Waals surface area (Å²) < 4.78 is 50.2. The monoisotopic (exact) mass is 435 g/mol. The quantitative estimate of drug-likeness (QED) is 0.491. The predicted octanol–water partition coefficient (Wildman–Crippen LogP) is 2.66. The van der Waals surface area contributed by atoms with Gasteiger partial charge >= 0.3 is 5.97 Å². The summed E-state index contributed by atoms with van der Waals surface area (Å²) in [7, 11) is -2.28. The summed E-state index contributed by atoms with van der Waals surface area (Å²) in [5, 5.41) is 0. The van der Waals surface area contributed by atoms with Crippen LogP contribution in [-0.4, -0.2) is 51.3 Å². The van der Waals surface area contributed by atoms with Crippen molar-refractivity contribution in [2.45, 2.75) is 17.7 Å². The SMILES string of the molecule is COc1ccc(C(=O)COC(=O)C2CCN(S(=O)(=O)c3ccccc3)CC2)cc1F. The standard InChI is InChI=1S/C21H22FNO6S/c1-28-20-8-7-16(13-18(20)22)19(24)14-29-21(25)15-9-11-23(12-10-15)30(26,27)17-5-3-2-4-6-17/h2-8,13,15H,9-12,14H2,1H3. The fourth-order valence-corrected chi connectivity index (χ4v) is 4.74. The average Bonchev–Trinajstić information content (AvgIpc) is 2.77. The molecule has 9 heteroatoms. The van der Waals surface area contributed by atoms with E-state index in [0.29, 0.717) is 12.8 Å². The van der Waals surface area contributed by atoms with Gasteiger partial charge in [-0.3, -0.25) is 9.59 Å². The second-order valence-corrected chi connectivity index (χ2v) is 8.81. The number of rotatable bonds is 7. The van der Waals surface area contributed by atoms with Crippen molar-refractivity contribution < 1.29 is 31.9 Å². The minimum absolute atomic E-state index is 0.0146. The summed E-state index contributed by atoms with van der Waals surface area (Å²) in [4.78, 5) is 24.7. The summed E-state index contributed by atoms with van der Waals surface area (Å²) in [6.07, 6.45) is 0.604.